The van der Waals surface area contributed by atoms with E-state index in [-0.39, 0.29) is 0 Å². The van der Waals surface area contributed by atoms with Gasteiger partial charge in [-0.3, -0.25) is 0 Å². The zero-order chi connectivity index (χ0) is 13.5. The lowest BCUT2D eigenvalue weighted by atomic mass is 10.1. The highest BCUT2D eigenvalue weighted by atomic mass is 16.5. The molecule has 0 unspecified atom stereocenters. The summed E-state index contributed by atoms with van der Waals surface area (Å²) in [6.45, 7) is 7.30. The lowest BCUT2D eigenvalue weighted by Gasteiger charge is -2.08. The van der Waals surface area contributed by atoms with E-state index in [1.807, 2.05) is 4.68 Å². The van der Waals surface area contributed by atoms with Crippen molar-refractivity contribution in [3.8, 4) is 0 Å². The molecule has 1 aromatic rings. The third kappa shape index (κ3) is 3.82. The fraction of sp³-hybridized carbons (Fsp3) is 0.769. The van der Waals surface area contributed by atoms with Gasteiger partial charge in [0.05, 0.1) is 12.8 Å². The maximum atomic E-state index is 11.6. The molecule has 0 fully saturated rings. The Morgan fingerprint density at radius 2 is 2.17 bits per heavy atom. The van der Waals surface area contributed by atoms with Crippen LogP contribution in [0.2, 0.25) is 0 Å². The van der Waals surface area contributed by atoms with Crippen molar-refractivity contribution in [2.24, 2.45) is 5.92 Å². The third-order valence-corrected chi connectivity index (χ3v) is 2.85. The number of aryl methyl sites for hydroxylation is 1. The van der Waals surface area contributed by atoms with E-state index >= 15 is 0 Å². The van der Waals surface area contributed by atoms with Crippen molar-refractivity contribution in [1.82, 2.24) is 15.0 Å². The average molecular weight is 253 g/mol. The van der Waals surface area contributed by atoms with Crippen molar-refractivity contribution >= 4 is 5.97 Å². The average Bonchev–Trinajstić information content (AvgIpc) is 2.72. The van der Waals surface area contributed by atoms with Crippen LogP contribution in [-0.2, 0) is 17.7 Å². The Kier molecular flexibility index (Phi) is 5.82. The molecule has 0 amide bonds. The largest absolute Gasteiger partial charge is 0.464 e. The normalized spacial score (nSPS) is 10.9. The van der Waals surface area contributed by atoms with Crippen LogP contribution in [0.25, 0.3) is 0 Å². The molecule has 0 saturated carbocycles. The minimum atomic E-state index is -0.395. The van der Waals surface area contributed by atoms with Crippen molar-refractivity contribution in [3.05, 3.63) is 11.4 Å². The molecule has 0 bridgehead atoms. The van der Waals surface area contributed by atoms with Crippen LogP contribution in [0.4, 0.5) is 0 Å². The van der Waals surface area contributed by atoms with Crippen molar-refractivity contribution < 1.29 is 9.53 Å². The Labute approximate surface area is 109 Å². The van der Waals surface area contributed by atoms with Crippen LogP contribution < -0.4 is 0 Å². The van der Waals surface area contributed by atoms with Crippen molar-refractivity contribution in [1.29, 1.82) is 0 Å². The maximum absolute atomic E-state index is 11.6. The predicted octanol–water partition coefficient (Wildman–Crippen LogP) is 2.45. The van der Waals surface area contributed by atoms with E-state index in [1.165, 1.54) is 7.11 Å². The molecule has 0 aliphatic rings. The molecule has 0 saturated heterocycles. The van der Waals surface area contributed by atoms with E-state index < -0.39 is 5.97 Å². The molecule has 0 N–H and O–H groups in total. The van der Waals surface area contributed by atoms with Crippen molar-refractivity contribution in [2.75, 3.05) is 7.11 Å². The van der Waals surface area contributed by atoms with E-state index in [0.29, 0.717) is 11.6 Å². The zero-order valence-electron chi connectivity index (χ0n) is 11.8. The van der Waals surface area contributed by atoms with Crippen molar-refractivity contribution in [3.63, 3.8) is 0 Å². The number of rotatable bonds is 7. The highest BCUT2D eigenvalue weighted by Gasteiger charge is 2.19. The van der Waals surface area contributed by atoms with Gasteiger partial charge in [0.1, 0.15) is 0 Å². The quantitative estimate of drug-likeness (QED) is 0.700. The summed E-state index contributed by atoms with van der Waals surface area (Å²) >= 11 is 0. The maximum Gasteiger partial charge on any atom is 0.360 e. The standard InChI is InChI=1S/C13H23N3O2/c1-5-7-11-12(13(17)18-4)14-15-16(11)9-6-8-10(2)3/h10H,5-9H2,1-4H3. The highest BCUT2D eigenvalue weighted by Crippen LogP contribution is 2.12. The van der Waals surface area contributed by atoms with Crippen molar-refractivity contribution in [2.45, 2.75) is 53.0 Å². The summed E-state index contributed by atoms with van der Waals surface area (Å²) in [5.41, 5.74) is 1.26. The van der Waals surface area contributed by atoms with Gasteiger partial charge in [-0.05, 0) is 25.2 Å². The summed E-state index contributed by atoms with van der Waals surface area (Å²) < 4.78 is 6.57. The summed E-state index contributed by atoms with van der Waals surface area (Å²) in [5, 5.41) is 8.01. The van der Waals surface area contributed by atoms with Gasteiger partial charge in [-0.1, -0.05) is 32.4 Å². The zero-order valence-corrected chi connectivity index (χ0v) is 11.8. The molecule has 1 rings (SSSR count). The lowest BCUT2D eigenvalue weighted by molar-refractivity contribution is 0.0592. The molecule has 0 aliphatic heterocycles. The third-order valence-electron chi connectivity index (χ3n) is 2.85. The van der Waals surface area contributed by atoms with Gasteiger partial charge in [0.25, 0.3) is 0 Å². The van der Waals surface area contributed by atoms with Crippen LogP contribution in [0.3, 0.4) is 0 Å². The number of hydrogen-bond donors (Lipinski definition) is 0. The van der Waals surface area contributed by atoms with Crippen LogP contribution in [-0.4, -0.2) is 28.1 Å². The highest BCUT2D eigenvalue weighted by molar-refractivity contribution is 5.88. The molecular weight excluding hydrogens is 230 g/mol. The molecule has 5 nitrogen and oxygen atoms in total. The first kappa shape index (κ1) is 14.7. The minimum absolute atomic E-state index is 0.365. The first-order valence-corrected chi connectivity index (χ1v) is 6.60. The first-order valence-electron chi connectivity index (χ1n) is 6.60. The van der Waals surface area contributed by atoms with E-state index in [4.69, 9.17) is 4.74 Å². The fourth-order valence-electron chi connectivity index (χ4n) is 1.90. The summed E-state index contributed by atoms with van der Waals surface area (Å²) in [6, 6.07) is 0. The van der Waals surface area contributed by atoms with Gasteiger partial charge < -0.3 is 4.74 Å². The van der Waals surface area contributed by atoms with E-state index in [2.05, 4.69) is 31.1 Å². The van der Waals surface area contributed by atoms with Crippen LogP contribution in [0, 0.1) is 5.92 Å². The SMILES string of the molecule is CCCc1c(C(=O)OC)nnn1CCCC(C)C. The number of aromatic nitrogens is 3. The number of nitrogens with zero attached hydrogens (tertiary/aromatic N) is 3. The molecule has 0 atom stereocenters. The van der Waals surface area contributed by atoms with Gasteiger partial charge in [-0.25, -0.2) is 9.48 Å². The number of esters is 1. The van der Waals surface area contributed by atoms with Crippen LogP contribution in [0.1, 0.15) is 56.2 Å². The second-order valence-electron chi connectivity index (χ2n) is 4.89. The lowest BCUT2D eigenvalue weighted by Crippen LogP contribution is -2.10. The second kappa shape index (κ2) is 7.13. The van der Waals surface area contributed by atoms with Gasteiger partial charge in [0, 0.05) is 6.54 Å². The number of hydrogen-bond acceptors (Lipinski definition) is 4. The molecule has 0 spiro atoms. The second-order valence-corrected chi connectivity index (χ2v) is 4.89. The van der Waals surface area contributed by atoms with Gasteiger partial charge >= 0.3 is 5.97 Å². The Hall–Kier alpha value is -1.39. The smallest absolute Gasteiger partial charge is 0.360 e. The number of ether oxygens (including phenoxy) is 1. The molecule has 1 heterocycles. The minimum Gasteiger partial charge on any atom is -0.464 e. The summed E-state index contributed by atoms with van der Waals surface area (Å²) in [6.07, 6.45) is 3.97. The molecule has 0 radical (unpaired) electrons. The summed E-state index contributed by atoms with van der Waals surface area (Å²) in [4.78, 5) is 11.6. The van der Waals surface area contributed by atoms with Gasteiger partial charge in [-0.2, -0.15) is 0 Å². The molecular formula is C13H23N3O2. The van der Waals surface area contributed by atoms with Crippen LogP contribution >= 0.6 is 0 Å². The molecule has 1 aromatic heterocycles. The van der Waals surface area contributed by atoms with Gasteiger partial charge in [0.15, 0.2) is 5.69 Å². The summed E-state index contributed by atoms with van der Waals surface area (Å²) in [5.74, 6) is 0.289. The number of carbonyl (C=O) groups excluding carboxylic acids is 1. The molecule has 5 heteroatoms. The van der Waals surface area contributed by atoms with Gasteiger partial charge in [-0.15, -0.1) is 5.10 Å². The summed E-state index contributed by atoms with van der Waals surface area (Å²) in [7, 11) is 1.37. The van der Waals surface area contributed by atoms with E-state index in [1.54, 1.807) is 0 Å². The fourth-order valence-corrected chi connectivity index (χ4v) is 1.90. The number of methoxy groups -OCH3 is 1. The molecule has 18 heavy (non-hydrogen) atoms. The Morgan fingerprint density at radius 1 is 1.44 bits per heavy atom. The Bertz CT molecular complexity index is 386. The van der Waals surface area contributed by atoms with Gasteiger partial charge in [0.2, 0.25) is 0 Å². The topological polar surface area (TPSA) is 57.0 Å². The molecule has 0 aliphatic carbocycles. The first-order chi connectivity index (χ1) is 8.60. The van der Waals surface area contributed by atoms with Crippen LogP contribution in [0.15, 0.2) is 0 Å². The molecule has 102 valence electrons. The predicted molar refractivity (Wildman–Crippen MR) is 69.4 cm³/mol. The molecule has 0 aromatic carbocycles. The van der Waals surface area contributed by atoms with Crippen LogP contribution in [0.5, 0.6) is 0 Å². The Morgan fingerprint density at radius 3 is 2.72 bits per heavy atom. The van der Waals surface area contributed by atoms with E-state index in [0.717, 1.165) is 37.9 Å². The Balaban J connectivity index is 2.77. The number of carbonyl (C=O) groups is 1. The van der Waals surface area contributed by atoms with E-state index in [9.17, 15) is 4.79 Å². The monoisotopic (exact) mass is 253 g/mol.